The van der Waals surface area contributed by atoms with Crippen LogP contribution < -0.4 is 0 Å². The molecule has 0 radical (unpaired) electrons. The molecule has 0 aromatic heterocycles. The second-order valence-electron chi connectivity index (χ2n) is 6.13. The summed E-state index contributed by atoms with van der Waals surface area (Å²) in [5.74, 6) is -0.375. The first kappa shape index (κ1) is 18.0. The molecule has 1 atom stereocenters. The zero-order valence-corrected chi connectivity index (χ0v) is 13.8. The summed E-state index contributed by atoms with van der Waals surface area (Å²) in [5.41, 5.74) is 0. The number of unbranched alkanes of at least 4 members (excludes halogenated alkanes) is 3. The Kier molecular flexibility index (Phi) is 8.35. The van der Waals surface area contributed by atoms with E-state index >= 15 is 0 Å². The number of hydrogen-bond acceptors (Lipinski definition) is 4. The molecule has 0 aromatic carbocycles. The molecule has 1 rings (SSSR count). The van der Waals surface area contributed by atoms with Gasteiger partial charge in [-0.05, 0) is 33.5 Å². The van der Waals surface area contributed by atoms with Gasteiger partial charge in [0.15, 0.2) is 0 Å². The number of hydrogen-bond donors (Lipinski definition) is 0. The van der Waals surface area contributed by atoms with E-state index < -0.39 is 0 Å². The molecular weight excluding hydrogens is 268 g/mol. The molecule has 122 valence electrons. The molecule has 21 heavy (non-hydrogen) atoms. The van der Waals surface area contributed by atoms with E-state index in [0.717, 1.165) is 32.4 Å². The molecule has 0 spiro atoms. The van der Waals surface area contributed by atoms with Crippen LogP contribution in [0.4, 0.5) is 0 Å². The van der Waals surface area contributed by atoms with Gasteiger partial charge in [0.05, 0.1) is 12.5 Å². The topological polar surface area (TPSA) is 49.9 Å². The van der Waals surface area contributed by atoms with E-state index in [0.29, 0.717) is 19.6 Å². The largest absolute Gasteiger partial charge is 0.465 e. The van der Waals surface area contributed by atoms with Gasteiger partial charge in [-0.2, -0.15) is 0 Å². The average molecular weight is 298 g/mol. The summed E-state index contributed by atoms with van der Waals surface area (Å²) < 4.78 is 5.29. The van der Waals surface area contributed by atoms with Crippen LogP contribution in [0.1, 0.15) is 45.4 Å². The number of carbonyl (C=O) groups is 2. The third-order valence-electron chi connectivity index (χ3n) is 3.82. The van der Waals surface area contributed by atoms with E-state index in [1.807, 2.05) is 14.1 Å². The van der Waals surface area contributed by atoms with Gasteiger partial charge in [0, 0.05) is 19.5 Å². The van der Waals surface area contributed by atoms with Crippen molar-refractivity contribution in [2.24, 2.45) is 5.92 Å². The van der Waals surface area contributed by atoms with E-state index in [9.17, 15) is 9.59 Å². The minimum atomic E-state index is -0.261. The molecule has 0 N–H and O–H groups in total. The molecular formula is C16H30N2O3. The quantitative estimate of drug-likeness (QED) is 0.457. The highest BCUT2D eigenvalue weighted by Crippen LogP contribution is 2.19. The minimum absolute atomic E-state index is 0.0849. The molecule has 1 saturated heterocycles. The SMILES string of the molecule is CCCCCCOC(=O)C1CC(=O)N(CCCN(C)C)C1. The van der Waals surface area contributed by atoms with E-state index in [-0.39, 0.29) is 17.8 Å². The Hall–Kier alpha value is -1.10. The molecule has 1 heterocycles. The zero-order chi connectivity index (χ0) is 15.7. The third-order valence-corrected chi connectivity index (χ3v) is 3.82. The molecule has 1 amide bonds. The van der Waals surface area contributed by atoms with Crippen molar-refractivity contribution in [2.75, 3.05) is 40.3 Å². The Labute approximate surface area is 128 Å². The normalized spacial score (nSPS) is 18.6. The fraction of sp³-hybridized carbons (Fsp3) is 0.875. The van der Waals surface area contributed by atoms with Crippen LogP contribution in [-0.4, -0.2) is 62.0 Å². The number of amides is 1. The maximum Gasteiger partial charge on any atom is 0.311 e. The Morgan fingerprint density at radius 3 is 2.71 bits per heavy atom. The van der Waals surface area contributed by atoms with Crippen molar-refractivity contribution in [2.45, 2.75) is 45.4 Å². The molecule has 5 nitrogen and oxygen atoms in total. The van der Waals surface area contributed by atoms with E-state index in [4.69, 9.17) is 4.74 Å². The second-order valence-corrected chi connectivity index (χ2v) is 6.13. The molecule has 0 saturated carbocycles. The zero-order valence-electron chi connectivity index (χ0n) is 13.8. The van der Waals surface area contributed by atoms with Crippen LogP contribution in [0.5, 0.6) is 0 Å². The maximum atomic E-state index is 11.9. The molecule has 1 aliphatic rings. The highest BCUT2D eigenvalue weighted by Gasteiger charge is 2.34. The Morgan fingerprint density at radius 2 is 2.05 bits per heavy atom. The van der Waals surface area contributed by atoms with Crippen molar-refractivity contribution in [1.82, 2.24) is 9.80 Å². The maximum absolute atomic E-state index is 11.9. The standard InChI is InChI=1S/C16H30N2O3/c1-4-5-6-7-11-21-16(20)14-12-15(19)18(13-14)10-8-9-17(2)3/h14H,4-13H2,1-3H3. The average Bonchev–Trinajstić information content (AvgIpc) is 2.79. The predicted octanol–water partition coefficient (Wildman–Crippen LogP) is 1.91. The van der Waals surface area contributed by atoms with Gasteiger partial charge in [-0.3, -0.25) is 9.59 Å². The smallest absolute Gasteiger partial charge is 0.311 e. The minimum Gasteiger partial charge on any atom is -0.465 e. The lowest BCUT2D eigenvalue weighted by atomic mass is 10.1. The van der Waals surface area contributed by atoms with Crippen LogP contribution in [0.2, 0.25) is 0 Å². The molecule has 1 aliphatic heterocycles. The highest BCUT2D eigenvalue weighted by atomic mass is 16.5. The van der Waals surface area contributed by atoms with Crippen LogP contribution in [0.15, 0.2) is 0 Å². The monoisotopic (exact) mass is 298 g/mol. The summed E-state index contributed by atoms with van der Waals surface area (Å²) in [5, 5.41) is 0. The summed E-state index contributed by atoms with van der Waals surface area (Å²) in [4.78, 5) is 27.7. The lowest BCUT2D eigenvalue weighted by Crippen LogP contribution is -2.29. The summed E-state index contributed by atoms with van der Waals surface area (Å²) in [6.07, 6.45) is 5.64. The van der Waals surface area contributed by atoms with Crippen molar-refractivity contribution in [3.05, 3.63) is 0 Å². The summed E-state index contributed by atoms with van der Waals surface area (Å²) in [6, 6.07) is 0. The fourth-order valence-electron chi connectivity index (χ4n) is 2.54. The van der Waals surface area contributed by atoms with Gasteiger partial charge in [0.25, 0.3) is 0 Å². The van der Waals surface area contributed by atoms with Crippen molar-refractivity contribution >= 4 is 11.9 Å². The number of ether oxygens (including phenoxy) is 1. The lowest BCUT2D eigenvalue weighted by Gasteiger charge is -2.17. The van der Waals surface area contributed by atoms with E-state index in [2.05, 4.69) is 11.8 Å². The van der Waals surface area contributed by atoms with Crippen molar-refractivity contribution in [3.8, 4) is 0 Å². The van der Waals surface area contributed by atoms with Crippen LogP contribution in [0.25, 0.3) is 0 Å². The summed E-state index contributed by atoms with van der Waals surface area (Å²) in [7, 11) is 4.04. The van der Waals surface area contributed by atoms with Crippen molar-refractivity contribution in [1.29, 1.82) is 0 Å². The molecule has 1 unspecified atom stereocenters. The fourth-order valence-corrected chi connectivity index (χ4v) is 2.54. The summed E-state index contributed by atoms with van der Waals surface area (Å²) in [6.45, 7) is 4.86. The van der Waals surface area contributed by atoms with Crippen LogP contribution in [-0.2, 0) is 14.3 Å². The molecule has 0 bridgehead atoms. The Morgan fingerprint density at radius 1 is 1.29 bits per heavy atom. The van der Waals surface area contributed by atoms with Gasteiger partial charge in [-0.15, -0.1) is 0 Å². The lowest BCUT2D eigenvalue weighted by molar-refractivity contribution is -0.148. The number of rotatable bonds is 10. The molecule has 5 heteroatoms. The van der Waals surface area contributed by atoms with Crippen molar-refractivity contribution < 1.29 is 14.3 Å². The predicted molar refractivity (Wildman–Crippen MR) is 83.0 cm³/mol. The first-order chi connectivity index (χ1) is 10.0. The first-order valence-electron chi connectivity index (χ1n) is 8.13. The van der Waals surface area contributed by atoms with Gasteiger partial charge in [0.1, 0.15) is 0 Å². The van der Waals surface area contributed by atoms with Crippen molar-refractivity contribution in [3.63, 3.8) is 0 Å². The summed E-state index contributed by atoms with van der Waals surface area (Å²) >= 11 is 0. The van der Waals surface area contributed by atoms with Gasteiger partial charge >= 0.3 is 5.97 Å². The molecule has 0 aromatic rings. The molecule has 1 fully saturated rings. The first-order valence-corrected chi connectivity index (χ1v) is 8.13. The van der Waals surface area contributed by atoms with E-state index in [1.54, 1.807) is 4.90 Å². The van der Waals surface area contributed by atoms with Gasteiger partial charge < -0.3 is 14.5 Å². The Balaban J connectivity index is 2.21. The van der Waals surface area contributed by atoms with Gasteiger partial charge in [-0.25, -0.2) is 0 Å². The third kappa shape index (κ3) is 6.93. The number of likely N-dealkylation sites (tertiary alicyclic amines) is 1. The number of carbonyl (C=O) groups excluding carboxylic acids is 2. The number of nitrogens with zero attached hydrogens (tertiary/aromatic N) is 2. The van der Waals surface area contributed by atoms with E-state index in [1.165, 1.54) is 12.8 Å². The second kappa shape index (κ2) is 9.77. The molecule has 0 aliphatic carbocycles. The van der Waals surface area contributed by atoms with Crippen LogP contribution in [0, 0.1) is 5.92 Å². The van der Waals surface area contributed by atoms with Crippen LogP contribution in [0.3, 0.4) is 0 Å². The van der Waals surface area contributed by atoms with Crippen LogP contribution >= 0.6 is 0 Å². The number of esters is 1. The van der Waals surface area contributed by atoms with Gasteiger partial charge in [-0.1, -0.05) is 26.2 Å². The highest BCUT2D eigenvalue weighted by molar-refractivity contribution is 5.86. The Bertz CT molecular complexity index is 331. The van der Waals surface area contributed by atoms with Gasteiger partial charge in [0.2, 0.25) is 5.91 Å².